The van der Waals surface area contributed by atoms with Crippen LogP contribution in [0.2, 0.25) is 0 Å². The van der Waals surface area contributed by atoms with Gasteiger partial charge in [0.15, 0.2) is 0 Å². The van der Waals surface area contributed by atoms with Crippen LogP contribution in [-0.2, 0) is 5.54 Å². The van der Waals surface area contributed by atoms with Crippen LogP contribution in [0.3, 0.4) is 0 Å². The van der Waals surface area contributed by atoms with E-state index in [4.69, 9.17) is 0 Å². The van der Waals surface area contributed by atoms with Crippen molar-refractivity contribution in [2.45, 2.75) is 59.0 Å². The van der Waals surface area contributed by atoms with Crippen molar-refractivity contribution in [1.82, 2.24) is 19.7 Å². The second-order valence-electron chi connectivity index (χ2n) is 7.89. The van der Waals surface area contributed by atoms with Gasteiger partial charge in [-0.1, -0.05) is 13.8 Å². The fourth-order valence-electron chi connectivity index (χ4n) is 3.26. The minimum absolute atomic E-state index is 0.00998. The quantitative estimate of drug-likeness (QED) is 0.832. The minimum Gasteiger partial charge on any atom is -0.331 e. The van der Waals surface area contributed by atoms with Crippen molar-refractivity contribution in [2.24, 2.45) is 11.3 Å². The first-order chi connectivity index (χ1) is 9.20. The van der Waals surface area contributed by atoms with Crippen LogP contribution < -0.4 is 0 Å². The van der Waals surface area contributed by atoms with Crippen molar-refractivity contribution < 1.29 is 4.79 Å². The van der Waals surface area contributed by atoms with E-state index in [2.05, 4.69) is 44.7 Å². The summed E-state index contributed by atoms with van der Waals surface area (Å²) in [4.78, 5) is 18.8. The third-order valence-corrected chi connectivity index (χ3v) is 4.41. The standard InChI is InChI=1S/C15H24N4O/c1-14(2,3)19-9-16-12(17-19)13(20)18-8-15(4,5)11(18)10-6-7-10/h9-11H,6-8H2,1-5H3/t11-/m0/s1. The molecule has 1 amide bonds. The molecule has 3 rings (SSSR count). The summed E-state index contributed by atoms with van der Waals surface area (Å²) < 4.78 is 1.76. The normalized spacial score (nSPS) is 25.4. The zero-order valence-electron chi connectivity index (χ0n) is 13.1. The van der Waals surface area contributed by atoms with Gasteiger partial charge < -0.3 is 4.90 Å². The number of carbonyl (C=O) groups is 1. The van der Waals surface area contributed by atoms with Crippen LogP contribution in [0.25, 0.3) is 0 Å². The Morgan fingerprint density at radius 1 is 1.35 bits per heavy atom. The van der Waals surface area contributed by atoms with Crippen molar-refractivity contribution in [2.75, 3.05) is 6.54 Å². The molecule has 20 heavy (non-hydrogen) atoms. The van der Waals surface area contributed by atoms with Gasteiger partial charge in [0.2, 0.25) is 5.82 Å². The Morgan fingerprint density at radius 2 is 2.00 bits per heavy atom. The number of carbonyl (C=O) groups excluding carboxylic acids is 1. The number of likely N-dealkylation sites (tertiary alicyclic amines) is 1. The summed E-state index contributed by atoms with van der Waals surface area (Å²) in [5, 5.41) is 4.36. The monoisotopic (exact) mass is 276 g/mol. The van der Waals surface area contributed by atoms with Gasteiger partial charge in [-0.3, -0.25) is 4.79 Å². The third kappa shape index (κ3) is 2.13. The lowest BCUT2D eigenvalue weighted by atomic mass is 9.72. The molecule has 0 spiro atoms. The van der Waals surface area contributed by atoms with E-state index >= 15 is 0 Å². The second kappa shape index (κ2) is 4.06. The minimum atomic E-state index is -0.143. The highest BCUT2D eigenvalue weighted by Gasteiger charge is 2.55. The molecule has 2 fully saturated rings. The van der Waals surface area contributed by atoms with Gasteiger partial charge in [0.1, 0.15) is 6.33 Å². The summed E-state index contributed by atoms with van der Waals surface area (Å²) in [7, 11) is 0. The van der Waals surface area contributed by atoms with E-state index in [0.29, 0.717) is 17.8 Å². The number of hydrogen-bond donors (Lipinski definition) is 0. The Hall–Kier alpha value is -1.39. The first-order valence-corrected chi connectivity index (χ1v) is 7.43. The van der Waals surface area contributed by atoms with Crippen LogP contribution in [0.4, 0.5) is 0 Å². The highest BCUT2D eigenvalue weighted by Crippen LogP contribution is 2.50. The first kappa shape index (κ1) is 13.6. The number of hydrogen-bond acceptors (Lipinski definition) is 3. The van der Waals surface area contributed by atoms with Crippen LogP contribution in [0.15, 0.2) is 6.33 Å². The van der Waals surface area contributed by atoms with Crippen molar-refractivity contribution in [3.05, 3.63) is 12.2 Å². The lowest BCUT2D eigenvalue weighted by Crippen LogP contribution is -2.65. The smallest absolute Gasteiger partial charge is 0.293 e. The molecule has 1 aliphatic carbocycles. The van der Waals surface area contributed by atoms with Gasteiger partial charge in [0, 0.05) is 18.0 Å². The molecule has 0 unspecified atom stereocenters. The summed E-state index contributed by atoms with van der Waals surface area (Å²) >= 11 is 0. The second-order valence-corrected chi connectivity index (χ2v) is 7.89. The predicted octanol–water partition coefficient (Wildman–Crippen LogP) is 2.29. The molecule has 1 saturated heterocycles. The van der Waals surface area contributed by atoms with Crippen molar-refractivity contribution in [3.63, 3.8) is 0 Å². The summed E-state index contributed by atoms with van der Waals surface area (Å²) in [5.41, 5.74) is 0.0963. The maximum absolute atomic E-state index is 12.6. The highest BCUT2D eigenvalue weighted by molar-refractivity contribution is 5.91. The Balaban J connectivity index is 1.78. The Morgan fingerprint density at radius 3 is 2.45 bits per heavy atom. The average Bonchev–Trinajstić information content (AvgIpc) is 2.97. The first-order valence-electron chi connectivity index (χ1n) is 7.43. The third-order valence-electron chi connectivity index (χ3n) is 4.41. The van der Waals surface area contributed by atoms with Gasteiger partial charge in [0.05, 0.1) is 5.54 Å². The largest absolute Gasteiger partial charge is 0.331 e. The van der Waals surface area contributed by atoms with Crippen LogP contribution in [0.1, 0.15) is 58.1 Å². The molecule has 110 valence electrons. The van der Waals surface area contributed by atoms with E-state index in [1.807, 2.05) is 4.90 Å². The van der Waals surface area contributed by atoms with Gasteiger partial charge in [-0.25, -0.2) is 9.67 Å². The molecular weight excluding hydrogens is 252 g/mol. The predicted molar refractivity (Wildman–Crippen MR) is 76.3 cm³/mol. The maximum atomic E-state index is 12.6. The molecule has 2 aliphatic rings. The fourth-order valence-corrected chi connectivity index (χ4v) is 3.26. The van der Waals surface area contributed by atoms with Gasteiger partial charge in [-0.2, -0.15) is 0 Å². The Bertz CT molecular complexity index is 536. The van der Waals surface area contributed by atoms with Gasteiger partial charge in [0.25, 0.3) is 5.91 Å². The summed E-state index contributed by atoms with van der Waals surface area (Å²) in [6.45, 7) is 11.5. The van der Waals surface area contributed by atoms with E-state index < -0.39 is 0 Å². The zero-order valence-corrected chi connectivity index (χ0v) is 13.1. The molecular formula is C15H24N4O. The van der Waals surface area contributed by atoms with E-state index in [-0.39, 0.29) is 16.9 Å². The summed E-state index contributed by atoms with van der Waals surface area (Å²) in [5.74, 6) is 1.01. The lowest BCUT2D eigenvalue weighted by Gasteiger charge is -2.54. The molecule has 0 aromatic carbocycles. The van der Waals surface area contributed by atoms with Crippen molar-refractivity contribution in [1.29, 1.82) is 0 Å². The van der Waals surface area contributed by atoms with Gasteiger partial charge >= 0.3 is 0 Å². The number of rotatable bonds is 2. The molecule has 5 nitrogen and oxygen atoms in total. The Labute approximate surface area is 120 Å². The zero-order chi connectivity index (χ0) is 14.7. The van der Waals surface area contributed by atoms with E-state index in [1.165, 1.54) is 12.8 Å². The lowest BCUT2D eigenvalue weighted by molar-refractivity contribution is -0.0416. The molecule has 1 aromatic rings. The molecule has 1 aromatic heterocycles. The van der Waals surface area contributed by atoms with Crippen molar-refractivity contribution in [3.8, 4) is 0 Å². The number of nitrogens with zero attached hydrogens (tertiary/aromatic N) is 4. The van der Waals surface area contributed by atoms with E-state index in [1.54, 1.807) is 11.0 Å². The van der Waals surface area contributed by atoms with Crippen LogP contribution in [0, 0.1) is 11.3 Å². The summed E-state index contributed by atoms with van der Waals surface area (Å²) in [6.07, 6.45) is 4.16. The maximum Gasteiger partial charge on any atom is 0.293 e. The molecule has 1 aliphatic heterocycles. The van der Waals surface area contributed by atoms with Gasteiger partial charge in [-0.15, -0.1) is 5.10 Å². The highest BCUT2D eigenvalue weighted by atomic mass is 16.2. The van der Waals surface area contributed by atoms with Gasteiger partial charge in [-0.05, 0) is 39.5 Å². The van der Waals surface area contributed by atoms with Crippen LogP contribution in [0.5, 0.6) is 0 Å². The number of amides is 1. The SMILES string of the molecule is CC1(C)CN(C(=O)c2ncn(C(C)(C)C)n2)[C@H]1C1CC1. The van der Waals surface area contributed by atoms with E-state index in [0.717, 1.165) is 6.54 Å². The van der Waals surface area contributed by atoms with Crippen molar-refractivity contribution >= 4 is 5.91 Å². The topological polar surface area (TPSA) is 51.0 Å². The van der Waals surface area contributed by atoms with Crippen LogP contribution in [-0.4, -0.2) is 38.2 Å². The van der Waals surface area contributed by atoms with Crippen LogP contribution >= 0.6 is 0 Å². The molecule has 0 bridgehead atoms. The summed E-state index contributed by atoms with van der Waals surface area (Å²) in [6, 6.07) is 0.372. The van der Waals surface area contributed by atoms with E-state index in [9.17, 15) is 4.79 Å². The molecule has 1 saturated carbocycles. The molecule has 2 heterocycles. The Kier molecular flexibility index (Phi) is 2.76. The number of aromatic nitrogens is 3. The fraction of sp³-hybridized carbons (Fsp3) is 0.800. The molecule has 5 heteroatoms. The average molecular weight is 276 g/mol. The molecule has 0 radical (unpaired) electrons. The molecule has 0 N–H and O–H groups in total. The molecule has 1 atom stereocenters.